The largest absolute Gasteiger partial charge is 0.493 e. The number of carbonyl (C=O) groups excluding carboxylic acids is 1. The van der Waals surface area contributed by atoms with Crippen LogP contribution >= 0.6 is 0 Å². The summed E-state index contributed by atoms with van der Waals surface area (Å²) in [6.45, 7) is -1.72. The minimum absolute atomic E-state index is 0.0603. The Morgan fingerprint density at radius 3 is 2.37 bits per heavy atom. The van der Waals surface area contributed by atoms with Gasteiger partial charge in [0.15, 0.2) is 35.4 Å². The molecule has 15 nitrogen and oxygen atoms in total. The predicted molar refractivity (Wildman–Crippen MR) is 153 cm³/mol. The van der Waals surface area contributed by atoms with Crippen LogP contribution in [0, 0.1) is 0 Å². The molecular formula is C31H32O15. The van der Waals surface area contributed by atoms with E-state index in [-0.39, 0.29) is 31.3 Å². The standard InChI is InChI=1S/C31H32O15/c1-38-19-6-14-15(7-20(19)39-2)26(16-8-40-28(36)23(16)22(14)13-3-4-18-21(5-13)44-12-43-18)45-30-27(31(37,10-32)11-42-30)46-29-25(35)24(34)17(33)9-41-29/h3-7,17,24-25,27,29-30,32-35,37H,8-12H2,1-2H3/t17-,24+,25+,27-,29-,30-,31+/m0/s1. The molecule has 0 spiro atoms. The van der Waals surface area contributed by atoms with Gasteiger partial charge in [0.25, 0.3) is 0 Å². The van der Waals surface area contributed by atoms with Crippen LogP contribution in [0.25, 0.3) is 21.9 Å². The quantitative estimate of drug-likeness (QED) is 0.208. The van der Waals surface area contributed by atoms with E-state index in [1.165, 1.54) is 14.2 Å². The van der Waals surface area contributed by atoms with Crippen LogP contribution in [0.2, 0.25) is 0 Å². The molecule has 7 atom stereocenters. The summed E-state index contributed by atoms with van der Waals surface area (Å²) in [5.41, 5.74) is -0.304. The smallest absolute Gasteiger partial charge is 0.339 e. The minimum Gasteiger partial charge on any atom is -0.493 e. The SMILES string of the molecule is COc1cc2c(O[C@@H]3OC[C@](O)(CO)[C@H]3O[C@@H]3OC[C@H](O)[C@@H](O)[C@H]3O)c3c(c(-c4ccc5c(c4)OCO5)c2cc1OC)C(=O)OC3. The zero-order valence-corrected chi connectivity index (χ0v) is 24.7. The van der Waals surface area contributed by atoms with E-state index >= 15 is 0 Å². The van der Waals surface area contributed by atoms with E-state index in [1.807, 2.05) is 0 Å². The molecule has 3 aromatic carbocycles. The number of hydrogen-bond donors (Lipinski definition) is 5. The highest BCUT2D eigenvalue weighted by Crippen LogP contribution is 2.50. The van der Waals surface area contributed by atoms with E-state index in [4.69, 9.17) is 42.6 Å². The molecule has 5 N–H and O–H groups in total. The van der Waals surface area contributed by atoms with Crippen molar-refractivity contribution in [3.05, 3.63) is 41.5 Å². The molecule has 0 unspecified atom stereocenters. The van der Waals surface area contributed by atoms with Gasteiger partial charge >= 0.3 is 5.97 Å². The van der Waals surface area contributed by atoms with Crippen molar-refractivity contribution >= 4 is 16.7 Å². The molecule has 4 heterocycles. The number of benzene rings is 3. The van der Waals surface area contributed by atoms with Crippen molar-refractivity contribution in [3.8, 4) is 39.9 Å². The van der Waals surface area contributed by atoms with Gasteiger partial charge in [0.1, 0.15) is 36.3 Å². The van der Waals surface area contributed by atoms with Crippen LogP contribution < -0.4 is 23.7 Å². The number of cyclic esters (lactones) is 1. The molecule has 246 valence electrons. The lowest BCUT2D eigenvalue weighted by atomic mass is 9.89. The van der Waals surface area contributed by atoms with Gasteiger partial charge in [-0.05, 0) is 35.2 Å². The summed E-state index contributed by atoms with van der Waals surface area (Å²) in [5, 5.41) is 52.9. The first-order chi connectivity index (χ1) is 22.2. The van der Waals surface area contributed by atoms with E-state index in [1.54, 1.807) is 30.3 Å². The second-order valence-electron chi connectivity index (χ2n) is 11.3. The van der Waals surface area contributed by atoms with E-state index in [0.29, 0.717) is 50.5 Å². The molecule has 2 fully saturated rings. The van der Waals surface area contributed by atoms with Gasteiger partial charge in [-0.15, -0.1) is 0 Å². The maximum absolute atomic E-state index is 13.4. The number of methoxy groups -OCH3 is 2. The zero-order valence-electron chi connectivity index (χ0n) is 24.7. The molecule has 0 aromatic heterocycles. The van der Waals surface area contributed by atoms with Gasteiger partial charge in [0.2, 0.25) is 13.1 Å². The topological polar surface area (TPSA) is 201 Å². The van der Waals surface area contributed by atoms with E-state index < -0.39 is 61.8 Å². The third-order valence-electron chi connectivity index (χ3n) is 8.59. The first-order valence-corrected chi connectivity index (χ1v) is 14.4. The van der Waals surface area contributed by atoms with Crippen LogP contribution in [-0.4, -0.2) is 115 Å². The molecule has 0 bridgehead atoms. The Bertz CT molecular complexity index is 1680. The van der Waals surface area contributed by atoms with Crippen molar-refractivity contribution in [3.63, 3.8) is 0 Å². The highest BCUT2D eigenvalue weighted by Gasteiger charge is 2.54. The van der Waals surface area contributed by atoms with Gasteiger partial charge in [-0.1, -0.05) is 6.07 Å². The fourth-order valence-electron chi connectivity index (χ4n) is 6.13. The van der Waals surface area contributed by atoms with Crippen LogP contribution in [0.4, 0.5) is 0 Å². The first kappa shape index (κ1) is 30.7. The highest BCUT2D eigenvalue weighted by molar-refractivity contribution is 6.14. The summed E-state index contributed by atoms with van der Waals surface area (Å²) in [5.74, 6) is 1.30. The molecule has 0 radical (unpaired) electrons. The molecule has 7 rings (SSSR count). The Morgan fingerprint density at radius 1 is 0.891 bits per heavy atom. The van der Waals surface area contributed by atoms with Crippen LogP contribution in [-0.2, 0) is 25.6 Å². The van der Waals surface area contributed by atoms with E-state index in [9.17, 15) is 30.3 Å². The fourth-order valence-corrected chi connectivity index (χ4v) is 6.13. The lowest BCUT2D eigenvalue weighted by molar-refractivity contribution is -0.306. The van der Waals surface area contributed by atoms with Crippen LogP contribution in [0.15, 0.2) is 30.3 Å². The number of esters is 1. The van der Waals surface area contributed by atoms with Crippen molar-refractivity contribution in [2.45, 2.75) is 49.2 Å². The van der Waals surface area contributed by atoms with E-state index in [2.05, 4.69) is 0 Å². The maximum Gasteiger partial charge on any atom is 0.339 e. The Morgan fingerprint density at radius 2 is 1.63 bits per heavy atom. The van der Waals surface area contributed by atoms with Crippen LogP contribution in [0.3, 0.4) is 0 Å². The zero-order chi connectivity index (χ0) is 32.3. The third kappa shape index (κ3) is 4.87. The van der Waals surface area contributed by atoms with Crippen LogP contribution in [0.5, 0.6) is 28.7 Å². The average Bonchev–Trinajstić information content (AvgIpc) is 3.78. The molecule has 4 aliphatic rings. The highest BCUT2D eigenvalue weighted by atomic mass is 16.8. The summed E-state index contributed by atoms with van der Waals surface area (Å²) in [7, 11) is 2.94. The summed E-state index contributed by atoms with van der Waals surface area (Å²) in [6, 6.07) is 8.64. The molecule has 0 aliphatic carbocycles. The maximum atomic E-state index is 13.4. The Labute approximate surface area is 261 Å². The second-order valence-corrected chi connectivity index (χ2v) is 11.3. The lowest BCUT2D eigenvalue weighted by Crippen LogP contribution is -2.58. The Kier molecular flexibility index (Phi) is 7.81. The third-order valence-corrected chi connectivity index (χ3v) is 8.59. The number of carbonyl (C=O) groups is 1. The Balaban J connectivity index is 1.37. The van der Waals surface area contributed by atoms with Crippen molar-refractivity contribution in [2.24, 2.45) is 0 Å². The normalized spacial score (nSPS) is 29.9. The molecule has 0 saturated carbocycles. The van der Waals surface area contributed by atoms with Gasteiger partial charge in [-0.25, -0.2) is 4.79 Å². The summed E-state index contributed by atoms with van der Waals surface area (Å²) >= 11 is 0. The first-order valence-electron chi connectivity index (χ1n) is 14.4. The predicted octanol–water partition coefficient (Wildman–Crippen LogP) is 0.206. The molecule has 46 heavy (non-hydrogen) atoms. The number of hydrogen-bond acceptors (Lipinski definition) is 15. The van der Waals surface area contributed by atoms with Gasteiger partial charge < -0.3 is 68.2 Å². The number of rotatable bonds is 8. The number of aliphatic hydroxyl groups is 5. The van der Waals surface area contributed by atoms with E-state index in [0.717, 1.165) is 0 Å². The van der Waals surface area contributed by atoms with Crippen molar-refractivity contribution in [1.82, 2.24) is 0 Å². The number of ether oxygens (including phenoxy) is 9. The molecule has 4 aliphatic heterocycles. The average molecular weight is 645 g/mol. The van der Waals surface area contributed by atoms with Crippen molar-refractivity contribution in [1.29, 1.82) is 0 Å². The number of aliphatic hydroxyl groups excluding tert-OH is 4. The molecule has 15 heteroatoms. The molecule has 3 aromatic rings. The summed E-state index contributed by atoms with van der Waals surface area (Å²) in [6.07, 6.45) is -9.06. The van der Waals surface area contributed by atoms with Gasteiger partial charge in [-0.2, -0.15) is 0 Å². The number of fused-ring (bicyclic) bond motifs is 3. The fraction of sp³-hybridized carbons (Fsp3) is 0.452. The second kappa shape index (κ2) is 11.7. The van der Waals surface area contributed by atoms with Gasteiger partial charge in [-0.3, -0.25) is 0 Å². The molecular weight excluding hydrogens is 612 g/mol. The van der Waals surface area contributed by atoms with Gasteiger partial charge in [0.05, 0.1) is 39.6 Å². The molecule has 2 saturated heterocycles. The van der Waals surface area contributed by atoms with Crippen LogP contribution in [0.1, 0.15) is 15.9 Å². The van der Waals surface area contributed by atoms with Crippen molar-refractivity contribution in [2.75, 3.05) is 40.8 Å². The monoisotopic (exact) mass is 644 g/mol. The summed E-state index contributed by atoms with van der Waals surface area (Å²) < 4.78 is 51.2. The lowest BCUT2D eigenvalue weighted by Gasteiger charge is -2.38. The van der Waals surface area contributed by atoms with Gasteiger partial charge in [0, 0.05) is 16.5 Å². The molecule has 0 amide bonds. The Hall–Kier alpha value is -3.93. The van der Waals surface area contributed by atoms with Crippen molar-refractivity contribution < 1.29 is 73.0 Å². The summed E-state index contributed by atoms with van der Waals surface area (Å²) in [4.78, 5) is 13.4. The minimum atomic E-state index is -2.02.